The summed E-state index contributed by atoms with van der Waals surface area (Å²) in [5, 5.41) is 2.20. The molecule has 0 saturated carbocycles. The predicted molar refractivity (Wildman–Crippen MR) is 73.5 cm³/mol. The normalized spacial score (nSPS) is 28.9. The van der Waals surface area contributed by atoms with Crippen molar-refractivity contribution < 1.29 is 0 Å². The topological polar surface area (TPSA) is 6.48 Å². The van der Waals surface area contributed by atoms with Crippen molar-refractivity contribution in [2.45, 2.75) is 38.3 Å². The fourth-order valence-electron chi connectivity index (χ4n) is 3.30. The molecule has 94 valence electrons. The van der Waals surface area contributed by atoms with E-state index < -0.39 is 0 Å². The lowest BCUT2D eigenvalue weighted by Crippen LogP contribution is -2.37. The minimum atomic E-state index is 0.607. The Morgan fingerprint density at radius 1 is 1.29 bits per heavy atom. The number of thiophene rings is 1. The standard InChI is InChI=1S/C14H22N2S/c1-12(14-6-3-10-17-14)16-9-4-8-15-7-2-5-13(15)11-16/h3,6,10,12-13H,2,4-5,7-9,11H2,1H3. The smallest absolute Gasteiger partial charge is 0.0413 e. The second kappa shape index (κ2) is 5.09. The Kier molecular flexibility index (Phi) is 3.50. The zero-order chi connectivity index (χ0) is 11.7. The predicted octanol–water partition coefficient (Wildman–Crippen LogP) is 2.98. The fraction of sp³-hybridized carbons (Fsp3) is 0.714. The molecule has 0 bridgehead atoms. The van der Waals surface area contributed by atoms with Crippen LogP contribution in [0.25, 0.3) is 0 Å². The van der Waals surface area contributed by atoms with Crippen LogP contribution >= 0.6 is 11.3 Å². The van der Waals surface area contributed by atoms with Gasteiger partial charge in [0.15, 0.2) is 0 Å². The molecular weight excluding hydrogens is 228 g/mol. The number of hydrogen-bond donors (Lipinski definition) is 0. The second-order valence-electron chi connectivity index (χ2n) is 5.37. The average molecular weight is 250 g/mol. The van der Waals surface area contributed by atoms with E-state index in [-0.39, 0.29) is 0 Å². The third-order valence-electron chi connectivity index (χ3n) is 4.34. The van der Waals surface area contributed by atoms with Crippen molar-refractivity contribution in [2.75, 3.05) is 26.2 Å². The van der Waals surface area contributed by atoms with Gasteiger partial charge in [-0.1, -0.05) is 6.07 Å². The van der Waals surface area contributed by atoms with Crippen molar-refractivity contribution in [3.63, 3.8) is 0 Å². The quantitative estimate of drug-likeness (QED) is 0.796. The number of nitrogens with zero attached hydrogens (tertiary/aromatic N) is 2. The van der Waals surface area contributed by atoms with E-state index in [1.165, 1.54) is 50.3 Å². The largest absolute Gasteiger partial charge is 0.299 e. The molecule has 3 heteroatoms. The van der Waals surface area contributed by atoms with Gasteiger partial charge < -0.3 is 0 Å². The first kappa shape index (κ1) is 11.7. The summed E-state index contributed by atoms with van der Waals surface area (Å²) in [6.45, 7) is 7.58. The Balaban J connectivity index is 1.70. The van der Waals surface area contributed by atoms with Crippen LogP contribution in [-0.2, 0) is 0 Å². The zero-order valence-electron chi connectivity index (χ0n) is 10.6. The summed E-state index contributed by atoms with van der Waals surface area (Å²) < 4.78 is 0. The fourth-order valence-corrected chi connectivity index (χ4v) is 4.11. The van der Waals surface area contributed by atoms with Gasteiger partial charge in [-0.05, 0) is 50.7 Å². The third kappa shape index (κ3) is 2.42. The van der Waals surface area contributed by atoms with Crippen molar-refractivity contribution in [3.8, 4) is 0 Å². The summed E-state index contributed by atoms with van der Waals surface area (Å²) >= 11 is 1.90. The summed E-state index contributed by atoms with van der Waals surface area (Å²) in [4.78, 5) is 6.93. The van der Waals surface area contributed by atoms with Crippen LogP contribution in [0.3, 0.4) is 0 Å². The lowest BCUT2D eigenvalue weighted by molar-refractivity contribution is 0.184. The van der Waals surface area contributed by atoms with Crippen molar-refractivity contribution in [2.24, 2.45) is 0 Å². The summed E-state index contributed by atoms with van der Waals surface area (Å²) in [5.74, 6) is 0. The highest BCUT2D eigenvalue weighted by atomic mass is 32.1. The van der Waals surface area contributed by atoms with Crippen LogP contribution in [0.5, 0.6) is 0 Å². The minimum absolute atomic E-state index is 0.607. The molecule has 1 aromatic heterocycles. The summed E-state index contributed by atoms with van der Waals surface area (Å²) in [5.41, 5.74) is 0. The molecule has 3 heterocycles. The molecule has 2 atom stereocenters. The monoisotopic (exact) mass is 250 g/mol. The second-order valence-corrected chi connectivity index (χ2v) is 6.35. The van der Waals surface area contributed by atoms with Crippen LogP contribution in [0.2, 0.25) is 0 Å². The Bertz CT molecular complexity index is 349. The third-order valence-corrected chi connectivity index (χ3v) is 5.38. The Morgan fingerprint density at radius 2 is 2.18 bits per heavy atom. The highest BCUT2D eigenvalue weighted by Crippen LogP contribution is 2.29. The molecule has 2 nitrogen and oxygen atoms in total. The Hall–Kier alpha value is -0.380. The molecule has 0 aromatic carbocycles. The van der Waals surface area contributed by atoms with E-state index in [0.29, 0.717) is 6.04 Å². The first-order valence-electron chi connectivity index (χ1n) is 6.86. The Morgan fingerprint density at radius 3 is 3.00 bits per heavy atom. The Labute approximate surface area is 108 Å². The molecule has 0 radical (unpaired) electrons. The van der Waals surface area contributed by atoms with Crippen LogP contribution < -0.4 is 0 Å². The van der Waals surface area contributed by atoms with Crippen LogP contribution in [-0.4, -0.2) is 42.0 Å². The first-order valence-corrected chi connectivity index (χ1v) is 7.74. The molecule has 2 saturated heterocycles. The van der Waals surface area contributed by atoms with Gasteiger partial charge in [0, 0.05) is 30.1 Å². The van der Waals surface area contributed by atoms with Gasteiger partial charge in [0.1, 0.15) is 0 Å². The molecule has 2 unspecified atom stereocenters. The molecule has 2 aliphatic rings. The summed E-state index contributed by atoms with van der Waals surface area (Å²) in [7, 11) is 0. The van der Waals surface area contributed by atoms with Gasteiger partial charge in [0.05, 0.1) is 0 Å². The van der Waals surface area contributed by atoms with Crippen LogP contribution in [0, 0.1) is 0 Å². The molecule has 0 spiro atoms. The van der Waals surface area contributed by atoms with Gasteiger partial charge in [-0.15, -0.1) is 11.3 Å². The van der Waals surface area contributed by atoms with Gasteiger partial charge in [-0.3, -0.25) is 9.80 Å². The zero-order valence-corrected chi connectivity index (χ0v) is 11.5. The minimum Gasteiger partial charge on any atom is -0.299 e. The van der Waals surface area contributed by atoms with E-state index in [4.69, 9.17) is 0 Å². The molecule has 0 N–H and O–H groups in total. The van der Waals surface area contributed by atoms with Crippen molar-refractivity contribution in [1.29, 1.82) is 0 Å². The molecule has 0 aliphatic carbocycles. The lowest BCUT2D eigenvalue weighted by atomic mass is 10.1. The van der Waals surface area contributed by atoms with Crippen molar-refractivity contribution >= 4 is 11.3 Å². The average Bonchev–Trinajstić information content (AvgIpc) is 2.96. The highest BCUT2D eigenvalue weighted by Gasteiger charge is 2.30. The molecule has 2 aliphatic heterocycles. The molecular formula is C14H22N2S. The van der Waals surface area contributed by atoms with Crippen LogP contribution in [0.1, 0.15) is 37.1 Å². The van der Waals surface area contributed by atoms with Crippen molar-refractivity contribution in [3.05, 3.63) is 22.4 Å². The van der Waals surface area contributed by atoms with E-state index in [0.717, 1.165) is 6.04 Å². The maximum absolute atomic E-state index is 2.71. The molecule has 0 amide bonds. The van der Waals surface area contributed by atoms with Crippen LogP contribution in [0.15, 0.2) is 17.5 Å². The van der Waals surface area contributed by atoms with Gasteiger partial charge >= 0.3 is 0 Å². The SMILES string of the molecule is CC(c1cccs1)N1CCCN2CCCC2C1. The van der Waals surface area contributed by atoms with E-state index in [9.17, 15) is 0 Å². The van der Waals surface area contributed by atoms with E-state index in [2.05, 4.69) is 34.2 Å². The molecule has 2 fully saturated rings. The lowest BCUT2D eigenvalue weighted by Gasteiger charge is -2.30. The van der Waals surface area contributed by atoms with Crippen LogP contribution in [0.4, 0.5) is 0 Å². The number of hydrogen-bond acceptors (Lipinski definition) is 3. The number of fused-ring (bicyclic) bond motifs is 1. The maximum Gasteiger partial charge on any atom is 0.0413 e. The molecule has 17 heavy (non-hydrogen) atoms. The van der Waals surface area contributed by atoms with E-state index in [1.54, 1.807) is 0 Å². The van der Waals surface area contributed by atoms with E-state index >= 15 is 0 Å². The van der Waals surface area contributed by atoms with Gasteiger partial charge in [-0.25, -0.2) is 0 Å². The van der Waals surface area contributed by atoms with E-state index in [1.807, 2.05) is 11.3 Å². The number of rotatable bonds is 2. The molecule has 1 aromatic rings. The maximum atomic E-state index is 2.71. The van der Waals surface area contributed by atoms with Gasteiger partial charge in [-0.2, -0.15) is 0 Å². The van der Waals surface area contributed by atoms with Gasteiger partial charge in [0.2, 0.25) is 0 Å². The summed E-state index contributed by atoms with van der Waals surface area (Å²) in [6, 6.07) is 5.90. The van der Waals surface area contributed by atoms with Crippen molar-refractivity contribution in [1.82, 2.24) is 9.80 Å². The molecule has 3 rings (SSSR count). The first-order chi connectivity index (χ1) is 8.34. The highest BCUT2D eigenvalue weighted by molar-refractivity contribution is 7.10. The summed E-state index contributed by atoms with van der Waals surface area (Å²) in [6.07, 6.45) is 4.16. The van der Waals surface area contributed by atoms with Gasteiger partial charge in [0.25, 0.3) is 0 Å².